The third-order valence-corrected chi connectivity index (χ3v) is 7.66. The van der Waals surface area contributed by atoms with Gasteiger partial charge in [-0.15, -0.1) is 21.5 Å². The molecule has 0 radical (unpaired) electrons. The summed E-state index contributed by atoms with van der Waals surface area (Å²) in [6.45, 7) is 0. The van der Waals surface area contributed by atoms with Crippen LogP contribution in [0.1, 0.15) is 32.1 Å². The summed E-state index contributed by atoms with van der Waals surface area (Å²) in [5.74, 6) is 0.847. The highest BCUT2D eigenvalue weighted by Gasteiger charge is 2.23. The van der Waals surface area contributed by atoms with Gasteiger partial charge in [-0.2, -0.15) is 0 Å². The number of hydrogen-bond acceptors (Lipinski definition) is 7. The standard InChI is InChI=1S/C24H24N4O2S2/c1-28(16-8-3-2-4-9-16)22(29)15-32-24-27-26-23(30-24)18-14-20(21-12-7-13-31-21)25-19-11-6-5-10-17(18)19/h5-7,10-14,16H,2-4,8-9,15H2,1H3. The van der Waals surface area contributed by atoms with Gasteiger partial charge in [-0.05, 0) is 36.4 Å². The molecule has 1 aliphatic carbocycles. The number of hydrogen-bond donors (Lipinski definition) is 0. The Morgan fingerprint density at radius 2 is 2.00 bits per heavy atom. The number of benzene rings is 1. The summed E-state index contributed by atoms with van der Waals surface area (Å²) < 4.78 is 5.97. The van der Waals surface area contributed by atoms with Crippen molar-refractivity contribution in [3.8, 4) is 22.0 Å². The van der Waals surface area contributed by atoms with Crippen molar-refractivity contribution in [2.45, 2.75) is 43.4 Å². The first kappa shape index (κ1) is 21.2. The highest BCUT2D eigenvalue weighted by molar-refractivity contribution is 7.99. The number of carbonyl (C=O) groups excluding carboxylic acids is 1. The molecule has 32 heavy (non-hydrogen) atoms. The SMILES string of the molecule is CN(C(=O)CSc1nnc(-c2cc(-c3cccs3)nc3ccccc23)o1)C1CCCCC1. The Morgan fingerprint density at radius 1 is 1.16 bits per heavy atom. The molecule has 0 N–H and O–H groups in total. The molecule has 164 valence electrons. The molecule has 0 unspecified atom stereocenters. The first-order valence-electron chi connectivity index (χ1n) is 10.8. The summed E-state index contributed by atoms with van der Waals surface area (Å²) in [5, 5.41) is 11.9. The molecule has 1 amide bonds. The zero-order valence-electron chi connectivity index (χ0n) is 17.9. The topological polar surface area (TPSA) is 72.1 Å². The summed E-state index contributed by atoms with van der Waals surface area (Å²) in [7, 11) is 1.91. The van der Waals surface area contributed by atoms with Gasteiger partial charge in [-0.25, -0.2) is 4.98 Å². The van der Waals surface area contributed by atoms with E-state index in [1.54, 1.807) is 11.3 Å². The van der Waals surface area contributed by atoms with E-state index in [1.165, 1.54) is 31.0 Å². The second-order valence-electron chi connectivity index (χ2n) is 8.01. The van der Waals surface area contributed by atoms with Crippen molar-refractivity contribution >= 4 is 39.9 Å². The van der Waals surface area contributed by atoms with Crippen LogP contribution >= 0.6 is 23.1 Å². The van der Waals surface area contributed by atoms with Crippen molar-refractivity contribution in [3.63, 3.8) is 0 Å². The summed E-state index contributed by atoms with van der Waals surface area (Å²) in [5.41, 5.74) is 2.61. The number of nitrogens with zero attached hydrogens (tertiary/aromatic N) is 4. The zero-order valence-corrected chi connectivity index (χ0v) is 19.5. The fourth-order valence-electron chi connectivity index (χ4n) is 4.18. The Hall–Kier alpha value is -2.71. The van der Waals surface area contributed by atoms with Gasteiger partial charge in [-0.3, -0.25) is 4.79 Å². The van der Waals surface area contributed by atoms with E-state index in [2.05, 4.69) is 16.3 Å². The van der Waals surface area contributed by atoms with Crippen LogP contribution in [-0.4, -0.2) is 44.8 Å². The van der Waals surface area contributed by atoms with Gasteiger partial charge in [0.2, 0.25) is 11.8 Å². The quantitative estimate of drug-likeness (QED) is 0.331. The van der Waals surface area contributed by atoms with E-state index in [4.69, 9.17) is 9.40 Å². The van der Waals surface area contributed by atoms with Crippen molar-refractivity contribution in [3.05, 3.63) is 47.8 Å². The van der Waals surface area contributed by atoms with E-state index in [0.717, 1.165) is 39.9 Å². The first-order chi connectivity index (χ1) is 15.7. The van der Waals surface area contributed by atoms with Crippen LogP contribution in [0.15, 0.2) is 57.5 Å². The molecule has 8 heteroatoms. The second-order valence-corrected chi connectivity index (χ2v) is 9.88. The van der Waals surface area contributed by atoms with Crippen molar-refractivity contribution in [2.75, 3.05) is 12.8 Å². The maximum Gasteiger partial charge on any atom is 0.277 e. The number of thioether (sulfide) groups is 1. The summed E-state index contributed by atoms with van der Waals surface area (Å²) in [6.07, 6.45) is 5.88. The van der Waals surface area contributed by atoms with Crippen LogP contribution in [0.3, 0.4) is 0 Å². The number of pyridine rings is 1. The second kappa shape index (κ2) is 9.42. The van der Waals surface area contributed by atoms with Gasteiger partial charge in [-0.1, -0.05) is 55.3 Å². The minimum atomic E-state index is 0.107. The van der Waals surface area contributed by atoms with Crippen LogP contribution in [0.25, 0.3) is 32.9 Å². The molecule has 3 heterocycles. The Labute approximate surface area is 195 Å². The molecule has 6 nitrogen and oxygen atoms in total. The zero-order chi connectivity index (χ0) is 21.9. The summed E-state index contributed by atoms with van der Waals surface area (Å²) in [6, 6.07) is 14.4. The predicted octanol–water partition coefficient (Wildman–Crippen LogP) is 5.90. The van der Waals surface area contributed by atoms with Crippen LogP contribution < -0.4 is 0 Å². The number of para-hydroxylation sites is 1. The van der Waals surface area contributed by atoms with Crippen LogP contribution in [0, 0.1) is 0 Å². The molecule has 1 fully saturated rings. The van der Waals surface area contributed by atoms with Crippen LogP contribution in [-0.2, 0) is 4.79 Å². The Bertz CT molecular complexity index is 1220. The Morgan fingerprint density at radius 3 is 2.81 bits per heavy atom. The molecule has 0 saturated heterocycles. The van der Waals surface area contributed by atoms with Crippen LogP contribution in [0.2, 0.25) is 0 Å². The lowest BCUT2D eigenvalue weighted by Gasteiger charge is -2.31. The normalized spacial score (nSPS) is 14.7. The minimum absolute atomic E-state index is 0.107. The maximum atomic E-state index is 12.7. The smallest absolute Gasteiger partial charge is 0.277 e. The van der Waals surface area contributed by atoms with Crippen LogP contribution in [0.4, 0.5) is 0 Å². The lowest BCUT2D eigenvalue weighted by atomic mass is 9.94. The lowest BCUT2D eigenvalue weighted by molar-refractivity contribution is -0.129. The molecular formula is C24H24N4O2S2. The monoisotopic (exact) mass is 464 g/mol. The van der Waals surface area contributed by atoms with Gasteiger partial charge in [0.25, 0.3) is 5.22 Å². The molecule has 0 bridgehead atoms. The molecule has 3 aromatic heterocycles. The molecule has 4 aromatic rings. The molecule has 0 atom stereocenters. The lowest BCUT2D eigenvalue weighted by Crippen LogP contribution is -2.39. The van der Waals surface area contributed by atoms with Gasteiger partial charge in [0.1, 0.15) is 0 Å². The average Bonchev–Trinajstić information content (AvgIpc) is 3.54. The molecule has 5 rings (SSSR count). The van der Waals surface area contributed by atoms with Crippen molar-refractivity contribution in [1.29, 1.82) is 0 Å². The number of rotatable bonds is 6. The van der Waals surface area contributed by atoms with E-state index >= 15 is 0 Å². The van der Waals surface area contributed by atoms with E-state index in [9.17, 15) is 4.79 Å². The van der Waals surface area contributed by atoms with Gasteiger partial charge in [0, 0.05) is 18.5 Å². The Kier molecular flexibility index (Phi) is 6.23. The molecule has 1 aliphatic rings. The van der Waals surface area contributed by atoms with E-state index < -0.39 is 0 Å². The highest BCUT2D eigenvalue weighted by atomic mass is 32.2. The van der Waals surface area contributed by atoms with Gasteiger partial charge in [0.05, 0.1) is 27.4 Å². The number of thiophene rings is 1. The fraction of sp³-hybridized carbons (Fsp3) is 0.333. The van der Waals surface area contributed by atoms with Gasteiger partial charge >= 0.3 is 0 Å². The van der Waals surface area contributed by atoms with Crippen LogP contribution in [0.5, 0.6) is 0 Å². The number of aromatic nitrogens is 3. The number of amides is 1. The number of fused-ring (bicyclic) bond motifs is 1. The third kappa shape index (κ3) is 4.42. The van der Waals surface area contributed by atoms with E-state index in [1.807, 2.05) is 53.7 Å². The average molecular weight is 465 g/mol. The summed E-state index contributed by atoms with van der Waals surface area (Å²) >= 11 is 2.94. The largest absolute Gasteiger partial charge is 0.411 e. The van der Waals surface area contributed by atoms with Crippen molar-refractivity contribution in [2.24, 2.45) is 0 Å². The minimum Gasteiger partial charge on any atom is -0.411 e. The predicted molar refractivity (Wildman–Crippen MR) is 129 cm³/mol. The number of carbonyl (C=O) groups is 1. The molecule has 1 aromatic carbocycles. The molecule has 1 saturated carbocycles. The molecule has 0 spiro atoms. The van der Waals surface area contributed by atoms with Gasteiger partial charge < -0.3 is 9.32 Å². The summed E-state index contributed by atoms with van der Waals surface area (Å²) in [4.78, 5) is 20.4. The van der Waals surface area contributed by atoms with E-state index in [-0.39, 0.29) is 5.91 Å². The van der Waals surface area contributed by atoms with E-state index in [0.29, 0.717) is 22.9 Å². The first-order valence-corrected chi connectivity index (χ1v) is 12.7. The third-order valence-electron chi connectivity index (χ3n) is 5.96. The molecular weight excluding hydrogens is 440 g/mol. The Balaban J connectivity index is 1.36. The van der Waals surface area contributed by atoms with Crippen molar-refractivity contribution in [1.82, 2.24) is 20.1 Å². The fourth-order valence-corrected chi connectivity index (χ4v) is 5.55. The van der Waals surface area contributed by atoms with Gasteiger partial charge in [0.15, 0.2) is 0 Å². The highest BCUT2D eigenvalue weighted by Crippen LogP contribution is 2.34. The van der Waals surface area contributed by atoms with Crippen molar-refractivity contribution < 1.29 is 9.21 Å². The maximum absolute atomic E-state index is 12.7. The molecule has 0 aliphatic heterocycles.